The largest absolute Gasteiger partial charge is 0.348 e. The molecule has 0 aliphatic rings. The second-order valence-corrected chi connectivity index (χ2v) is 7.62. The highest BCUT2D eigenvalue weighted by Crippen LogP contribution is 2.25. The molecule has 0 saturated carbocycles. The van der Waals surface area contributed by atoms with Gasteiger partial charge in [0.05, 0.1) is 6.33 Å². The monoisotopic (exact) mass is 436 g/mol. The molecule has 1 N–H and O–H groups in total. The first kappa shape index (κ1) is 20.8. The fourth-order valence-electron chi connectivity index (χ4n) is 3.28. The molecule has 0 atom stereocenters. The first-order valence-corrected chi connectivity index (χ1v) is 10.3. The number of rotatable bonds is 6. The van der Waals surface area contributed by atoms with E-state index < -0.39 is 0 Å². The molecule has 0 aliphatic heterocycles. The molecular weight excluding hydrogens is 416 g/mol. The molecule has 0 fully saturated rings. The van der Waals surface area contributed by atoms with Gasteiger partial charge in [-0.2, -0.15) is 0 Å². The molecule has 2 aromatic heterocycles. The zero-order valence-corrected chi connectivity index (χ0v) is 17.9. The Bertz CT molecular complexity index is 1310. The zero-order valence-electron chi connectivity index (χ0n) is 17.2. The predicted molar refractivity (Wildman–Crippen MR) is 120 cm³/mol. The lowest BCUT2D eigenvalue weighted by atomic mass is 10.1. The first-order valence-electron chi connectivity index (χ1n) is 9.97. The van der Waals surface area contributed by atoms with Crippen molar-refractivity contribution in [3.8, 4) is 11.3 Å². The maximum absolute atomic E-state index is 12.8. The normalized spacial score (nSPS) is 11.1. The van der Waals surface area contributed by atoms with Crippen molar-refractivity contribution in [1.82, 2.24) is 14.7 Å². The molecule has 0 saturated heterocycles. The van der Waals surface area contributed by atoms with Gasteiger partial charge in [-0.3, -0.25) is 14.2 Å². The van der Waals surface area contributed by atoms with E-state index in [-0.39, 0.29) is 30.0 Å². The Morgan fingerprint density at radius 1 is 1.19 bits per heavy atom. The van der Waals surface area contributed by atoms with Crippen LogP contribution in [0.15, 0.2) is 58.1 Å². The number of hydrogen-bond acceptors (Lipinski definition) is 5. The molecular formula is C23H21ClN4O3. The standard InChI is InChI=1S/C23H21ClN4O3/c1-3-15-7-9-16(10-8-15)20-21-22(31-27-20)23(30)28(13-25-21)12-11-19(29)26-18-6-4-5-17(24)14(18)2/h4-10,13H,3,11-12H2,1-2H3,(H,26,29). The van der Waals surface area contributed by atoms with E-state index in [9.17, 15) is 9.59 Å². The molecule has 0 bridgehead atoms. The summed E-state index contributed by atoms with van der Waals surface area (Å²) in [5.41, 5.74) is 4.10. The summed E-state index contributed by atoms with van der Waals surface area (Å²) in [6.07, 6.45) is 2.45. The smallest absolute Gasteiger partial charge is 0.299 e. The molecule has 0 spiro atoms. The highest BCUT2D eigenvalue weighted by atomic mass is 35.5. The van der Waals surface area contributed by atoms with Crippen LogP contribution < -0.4 is 10.9 Å². The Labute approximate surface area is 183 Å². The quantitative estimate of drug-likeness (QED) is 0.477. The van der Waals surface area contributed by atoms with Crippen molar-refractivity contribution >= 4 is 34.3 Å². The number of aromatic nitrogens is 3. The first-order chi connectivity index (χ1) is 15.0. The predicted octanol–water partition coefficient (Wildman–Crippen LogP) is 4.60. The Morgan fingerprint density at radius 3 is 2.71 bits per heavy atom. The van der Waals surface area contributed by atoms with Crippen LogP contribution in [0.25, 0.3) is 22.4 Å². The van der Waals surface area contributed by atoms with Crippen molar-refractivity contribution in [1.29, 1.82) is 0 Å². The van der Waals surface area contributed by atoms with Crippen LogP contribution in [0.1, 0.15) is 24.5 Å². The van der Waals surface area contributed by atoms with Gasteiger partial charge in [0.15, 0.2) is 0 Å². The summed E-state index contributed by atoms with van der Waals surface area (Å²) >= 11 is 6.09. The van der Waals surface area contributed by atoms with Crippen LogP contribution in [0.5, 0.6) is 0 Å². The molecule has 2 aromatic carbocycles. The summed E-state index contributed by atoms with van der Waals surface area (Å²) in [5.74, 6) is -0.230. The Kier molecular flexibility index (Phi) is 5.86. The van der Waals surface area contributed by atoms with Crippen molar-refractivity contribution in [2.45, 2.75) is 33.2 Å². The number of halogens is 1. The lowest BCUT2D eigenvalue weighted by Gasteiger charge is -2.10. The maximum atomic E-state index is 12.8. The Hall–Kier alpha value is -3.45. The highest BCUT2D eigenvalue weighted by molar-refractivity contribution is 6.31. The maximum Gasteiger partial charge on any atom is 0.299 e. The van der Waals surface area contributed by atoms with Crippen molar-refractivity contribution in [3.63, 3.8) is 0 Å². The van der Waals surface area contributed by atoms with E-state index in [0.717, 1.165) is 17.5 Å². The number of amides is 1. The Morgan fingerprint density at radius 2 is 1.97 bits per heavy atom. The molecule has 4 rings (SSSR count). The summed E-state index contributed by atoms with van der Waals surface area (Å²) in [4.78, 5) is 29.5. The van der Waals surface area contributed by atoms with Crippen molar-refractivity contribution in [3.05, 3.63) is 75.3 Å². The number of fused-ring (bicyclic) bond motifs is 1. The van der Waals surface area contributed by atoms with Gasteiger partial charge >= 0.3 is 0 Å². The fraction of sp³-hybridized carbons (Fsp3) is 0.217. The molecule has 1 amide bonds. The fourth-order valence-corrected chi connectivity index (χ4v) is 3.45. The van der Waals surface area contributed by atoms with Gasteiger partial charge in [-0.15, -0.1) is 0 Å². The van der Waals surface area contributed by atoms with E-state index in [4.69, 9.17) is 16.1 Å². The molecule has 7 nitrogen and oxygen atoms in total. The number of carbonyl (C=O) groups is 1. The van der Waals surface area contributed by atoms with Crippen LogP contribution >= 0.6 is 11.6 Å². The summed E-state index contributed by atoms with van der Waals surface area (Å²) in [5, 5.41) is 7.45. The number of nitrogens with zero attached hydrogens (tertiary/aromatic N) is 3. The second-order valence-electron chi connectivity index (χ2n) is 7.21. The van der Waals surface area contributed by atoms with Gasteiger partial charge in [-0.1, -0.05) is 54.0 Å². The average molecular weight is 437 g/mol. The third-order valence-electron chi connectivity index (χ3n) is 5.21. The number of nitrogens with one attached hydrogen (secondary N) is 1. The van der Waals surface area contributed by atoms with Crippen LogP contribution in [-0.2, 0) is 17.8 Å². The van der Waals surface area contributed by atoms with E-state index >= 15 is 0 Å². The highest BCUT2D eigenvalue weighted by Gasteiger charge is 2.17. The number of benzene rings is 2. The van der Waals surface area contributed by atoms with E-state index in [1.165, 1.54) is 16.5 Å². The number of hydrogen-bond donors (Lipinski definition) is 1. The zero-order chi connectivity index (χ0) is 22.0. The van der Waals surface area contributed by atoms with E-state index in [2.05, 4.69) is 22.4 Å². The van der Waals surface area contributed by atoms with Gasteiger partial charge in [0.1, 0.15) is 11.2 Å². The number of aryl methyl sites for hydroxylation is 2. The lowest BCUT2D eigenvalue weighted by Crippen LogP contribution is -2.23. The number of carbonyl (C=O) groups excluding carboxylic acids is 1. The van der Waals surface area contributed by atoms with Crippen molar-refractivity contribution in [2.24, 2.45) is 0 Å². The van der Waals surface area contributed by atoms with Crippen LogP contribution in [0, 0.1) is 6.92 Å². The third-order valence-corrected chi connectivity index (χ3v) is 5.62. The van der Waals surface area contributed by atoms with E-state index in [1.807, 2.05) is 31.2 Å². The molecule has 2 heterocycles. The minimum Gasteiger partial charge on any atom is -0.348 e. The molecule has 8 heteroatoms. The van der Waals surface area contributed by atoms with Gasteiger partial charge in [-0.25, -0.2) is 4.98 Å². The lowest BCUT2D eigenvalue weighted by molar-refractivity contribution is -0.116. The summed E-state index contributed by atoms with van der Waals surface area (Å²) in [7, 11) is 0. The molecule has 158 valence electrons. The molecule has 0 aliphatic carbocycles. The minimum atomic E-state index is -0.374. The van der Waals surface area contributed by atoms with Crippen molar-refractivity contribution < 1.29 is 9.32 Å². The molecule has 31 heavy (non-hydrogen) atoms. The van der Waals surface area contributed by atoms with Crippen LogP contribution in [0.3, 0.4) is 0 Å². The molecule has 4 aromatic rings. The average Bonchev–Trinajstić information content (AvgIpc) is 3.21. The van der Waals surface area contributed by atoms with Crippen LogP contribution in [0.2, 0.25) is 5.02 Å². The van der Waals surface area contributed by atoms with E-state index in [1.54, 1.807) is 18.2 Å². The minimum absolute atomic E-state index is 0.0724. The van der Waals surface area contributed by atoms with Gasteiger partial charge in [0, 0.05) is 29.2 Å². The SMILES string of the molecule is CCc1ccc(-c2noc3c(=O)n(CCC(=O)Nc4cccc(Cl)c4C)cnc23)cc1. The van der Waals surface area contributed by atoms with Gasteiger partial charge in [-0.05, 0) is 36.6 Å². The van der Waals surface area contributed by atoms with Gasteiger partial charge in [0.2, 0.25) is 5.91 Å². The van der Waals surface area contributed by atoms with Crippen LogP contribution in [-0.4, -0.2) is 20.6 Å². The topological polar surface area (TPSA) is 90.0 Å². The Balaban J connectivity index is 1.51. The van der Waals surface area contributed by atoms with Gasteiger partial charge < -0.3 is 9.84 Å². The summed E-state index contributed by atoms with van der Waals surface area (Å²) in [6.45, 7) is 4.08. The van der Waals surface area contributed by atoms with E-state index in [0.29, 0.717) is 21.9 Å². The summed E-state index contributed by atoms with van der Waals surface area (Å²) in [6, 6.07) is 13.2. The summed E-state index contributed by atoms with van der Waals surface area (Å²) < 4.78 is 6.65. The second kappa shape index (κ2) is 8.73. The van der Waals surface area contributed by atoms with Crippen molar-refractivity contribution in [2.75, 3.05) is 5.32 Å². The molecule has 0 radical (unpaired) electrons. The third kappa shape index (κ3) is 4.22. The molecule has 0 unspecified atom stereocenters. The van der Waals surface area contributed by atoms with Crippen LogP contribution in [0.4, 0.5) is 5.69 Å². The van der Waals surface area contributed by atoms with Gasteiger partial charge in [0.25, 0.3) is 11.1 Å². The number of anilines is 1.